The molecular weight excluding hydrogens is 221 g/mol. The van der Waals surface area contributed by atoms with Gasteiger partial charge in [0, 0.05) is 5.56 Å². The second-order valence-corrected chi connectivity index (χ2v) is 4.25. The van der Waals surface area contributed by atoms with Gasteiger partial charge in [-0.05, 0) is 12.1 Å². The fourth-order valence-electron chi connectivity index (χ4n) is 1.83. The van der Waals surface area contributed by atoms with Gasteiger partial charge in [0.15, 0.2) is 0 Å². The fraction of sp³-hybridized carbons (Fsp3) is 0. The van der Waals surface area contributed by atoms with E-state index in [-0.39, 0.29) is 0 Å². The molecule has 0 saturated carbocycles. The van der Waals surface area contributed by atoms with E-state index >= 15 is 0 Å². The summed E-state index contributed by atoms with van der Waals surface area (Å²) in [5, 5.41) is 8.36. The molecule has 3 rings (SSSR count). The summed E-state index contributed by atoms with van der Waals surface area (Å²) in [6.07, 6.45) is 1.94. The molecule has 0 aliphatic heterocycles. The van der Waals surface area contributed by atoms with Crippen molar-refractivity contribution in [3.63, 3.8) is 0 Å². The Morgan fingerprint density at radius 3 is 2.33 bits per heavy atom. The third kappa shape index (κ3) is 2.05. The molecule has 2 aromatic carbocycles. The lowest BCUT2D eigenvalue weighted by Crippen LogP contribution is -2.02. The Labute approximate surface area is 106 Å². The Morgan fingerprint density at radius 1 is 0.889 bits per heavy atom. The van der Waals surface area contributed by atoms with Crippen LogP contribution in [0.3, 0.4) is 0 Å². The molecule has 18 heavy (non-hydrogen) atoms. The predicted octanol–water partition coefficient (Wildman–Crippen LogP) is 1.19. The minimum atomic E-state index is 0.885. The first kappa shape index (κ1) is 10.8. The van der Waals surface area contributed by atoms with Gasteiger partial charge in [-0.2, -0.15) is 0 Å². The summed E-state index contributed by atoms with van der Waals surface area (Å²) in [5.41, 5.74) is 4.23. The highest BCUT2D eigenvalue weighted by Crippen LogP contribution is 2.16. The van der Waals surface area contributed by atoms with Crippen LogP contribution in [0.5, 0.6) is 0 Å². The van der Waals surface area contributed by atoms with Gasteiger partial charge in [0.1, 0.15) is 13.5 Å². The van der Waals surface area contributed by atoms with Gasteiger partial charge in [-0.15, -0.1) is 5.10 Å². The Hall–Kier alpha value is -2.36. The van der Waals surface area contributed by atoms with Crippen LogP contribution in [0, 0.1) is 0 Å². The van der Waals surface area contributed by atoms with Gasteiger partial charge >= 0.3 is 0 Å². The van der Waals surface area contributed by atoms with E-state index in [9.17, 15) is 0 Å². The predicted molar refractivity (Wildman–Crippen MR) is 75.0 cm³/mol. The summed E-state index contributed by atoms with van der Waals surface area (Å²) < 4.78 is 1.79. The van der Waals surface area contributed by atoms with Crippen LogP contribution >= 0.6 is 0 Å². The number of aromatic nitrogens is 3. The second kappa shape index (κ2) is 4.49. The molecule has 0 radical (unpaired) electrons. The molecule has 3 aromatic rings. The molecule has 0 fully saturated rings. The highest BCUT2D eigenvalue weighted by molar-refractivity contribution is 6.32. The van der Waals surface area contributed by atoms with E-state index in [0.717, 1.165) is 16.9 Å². The molecule has 1 heterocycles. The Balaban J connectivity index is 1.97. The number of benzene rings is 2. The van der Waals surface area contributed by atoms with Crippen LogP contribution in [-0.4, -0.2) is 22.8 Å². The minimum absolute atomic E-state index is 0.885. The fourth-order valence-corrected chi connectivity index (χ4v) is 1.83. The molecule has 0 bridgehead atoms. The molecule has 0 aliphatic rings. The van der Waals surface area contributed by atoms with Gasteiger partial charge in [-0.25, -0.2) is 4.68 Å². The van der Waals surface area contributed by atoms with Crippen LogP contribution in [0.4, 0.5) is 0 Å². The van der Waals surface area contributed by atoms with Crippen LogP contribution in [0.1, 0.15) is 0 Å². The van der Waals surface area contributed by atoms with Crippen molar-refractivity contribution in [2.24, 2.45) is 0 Å². The monoisotopic (exact) mass is 233 g/mol. The molecule has 1 aromatic heterocycles. The zero-order chi connectivity index (χ0) is 12.4. The minimum Gasteiger partial charge on any atom is -0.220 e. The maximum atomic E-state index is 4.20. The Kier molecular flexibility index (Phi) is 2.69. The third-order valence-electron chi connectivity index (χ3n) is 2.86. The molecule has 0 saturated heterocycles. The molecule has 3 nitrogen and oxygen atoms in total. The Bertz CT molecular complexity index is 644. The van der Waals surface area contributed by atoms with Gasteiger partial charge in [-0.1, -0.05) is 53.1 Å². The number of hydrogen-bond acceptors (Lipinski definition) is 2. The zero-order valence-corrected chi connectivity index (χ0v) is 10.1. The van der Waals surface area contributed by atoms with Crippen molar-refractivity contribution in [3.05, 3.63) is 60.8 Å². The van der Waals surface area contributed by atoms with Gasteiger partial charge in [-0.3, -0.25) is 0 Å². The van der Waals surface area contributed by atoms with Crippen LogP contribution in [0.15, 0.2) is 60.8 Å². The van der Waals surface area contributed by atoms with Crippen molar-refractivity contribution in [2.75, 3.05) is 0 Å². The van der Waals surface area contributed by atoms with Gasteiger partial charge in [0.2, 0.25) is 0 Å². The average molecular weight is 233 g/mol. The number of rotatable bonds is 2. The van der Waals surface area contributed by atoms with Gasteiger partial charge < -0.3 is 0 Å². The average Bonchev–Trinajstić information content (AvgIpc) is 2.90. The third-order valence-corrected chi connectivity index (χ3v) is 2.86. The maximum Gasteiger partial charge on any atom is 0.139 e. The largest absolute Gasteiger partial charge is 0.220 e. The lowest BCUT2D eigenvalue weighted by atomic mass is 9.96. The molecule has 0 aliphatic carbocycles. The zero-order valence-electron chi connectivity index (χ0n) is 10.1. The van der Waals surface area contributed by atoms with Crippen molar-refractivity contribution < 1.29 is 0 Å². The maximum absolute atomic E-state index is 4.20. The first-order valence-electron chi connectivity index (χ1n) is 5.88. The second-order valence-electron chi connectivity index (χ2n) is 4.25. The van der Waals surface area contributed by atoms with Crippen molar-refractivity contribution in [3.8, 4) is 16.9 Å². The van der Waals surface area contributed by atoms with E-state index < -0.39 is 0 Å². The van der Waals surface area contributed by atoms with Crippen LogP contribution in [-0.2, 0) is 0 Å². The molecular formula is C14H12BN3. The van der Waals surface area contributed by atoms with E-state index in [2.05, 4.69) is 30.3 Å². The van der Waals surface area contributed by atoms with E-state index in [4.69, 9.17) is 0 Å². The van der Waals surface area contributed by atoms with Crippen molar-refractivity contribution in [2.45, 2.75) is 0 Å². The molecule has 0 N–H and O–H groups in total. The molecule has 4 heteroatoms. The van der Waals surface area contributed by atoms with Crippen LogP contribution in [0.2, 0.25) is 0 Å². The molecule has 0 amide bonds. The number of nitrogens with zero attached hydrogens (tertiary/aromatic N) is 3. The van der Waals surface area contributed by atoms with Gasteiger partial charge in [0.25, 0.3) is 0 Å². The topological polar surface area (TPSA) is 30.7 Å². The van der Waals surface area contributed by atoms with Crippen LogP contribution < -0.4 is 5.46 Å². The summed E-state index contributed by atoms with van der Waals surface area (Å²) in [4.78, 5) is 0. The molecule has 0 atom stereocenters. The number of hydrogen-bond donors (Lipinski definition) is 0. The summed E-state index contributed by atoms with van der Waals surface area (Å²) in [6, 6.07) is 18.3. The Morgan fingerprint density at radius 2 is 1.61 bits per heavy atom. The smallest absolute Gasteiger partial charge is 0.139 e. The van der Waals surface area contributed by atoms with Crippen molar-refractivity contribution in [1.29, 1.82) is 0 Å². The SMILES string of the molecule is Bc1ccc(-n2cc(-c3ccccc3)nn2)cc1. The van der Waals surface area contributed by atoms with E-state index in [0.29, 0.717) is 0 Å². The van der Waals surface area contributed by atoms with E-state index in [1.807, 2.05) is 48.7 Å². The van der Waals surface area contributed by atoms with E-state index in [1.165, 1.54) is 5.46 Å². The molecule has 0 spiro atoms. The molecule has 0 unspecified atom stereocenters. The quantitative estimate of drug-likeness (QED) is 0.622. The summed E-state index contributed by atoms with van der Waals surface area (Å²) >= 11 is 0. The normalized spacial score (nSPS) is 10.4. The first-order chi connectivity index (χ1) is 8.83. The van der Waals surface area contributed by atoms with Crippen LogP contribution in [0.25, 0.3) is 16.9 Å². The summed E-state index contributed by atoms with van der Waals surface area (Å²) in [6.45, 7) is 0. The standard InChI is InChI=1S/C14H12BN3/c15-12-6-8-13(9-7-12)18-10-14(16-17-18)11-4-2-1-3-5-11/h1-10H,15H2. The van der Waals surface area contributed by atoms with Crippen molar-refractivity contribution in [1.82, 2.24) is 15.0 Å². The lowest BCUT2D eigenvalue weighted by molar-refractivity contribution is 0.804. The summed E-state index contributed by atoms with van der Waals surface area (Å²) in [7, 11) is 2.07. The lowest BCUT2D eigenvalue weighted by Gasteiger charge is -1.99. The molecule has 86 valence electrons. The van der Waals surface area contributed by atoms with Crippen molar-refractivity contribution >= 4 is 13.3 Å². The highest BCUT2D eigenvalue weighted by Gasteiger charge is 2.04. The highest BCUT2D eigenvalue weighted by atomic mass is 15.4. The van der Waals surface area contributed by atoms with E-state index in [1.54, 1.807) is 4.68 Å². The van der Waals surface area contributed by atoms with Gasteiger partial charge in [0.05, 0.1) is 11.9 Å². The summed E-state index contributed by atoms with van der Waals surface area (Å²) in [5.74, 6) is 0. The first-order valence-corrected chi connectivity index (χ1v) is 5.88.